The average Bonchev–Trinajstić information content (AvgIpc) is 3.07. The molecule has 0 amide bonds. The Morgan fingerprint density at radius 3 is 2.86 bits per heavy atom. The number of rotatable bonds is 4. The summed E-state index contributed by atoms with van der Waals surface area (Å²) in [5.74, 6) is 1.75. The molecule has 1 aromatic heterocycles. The van der Waals surface area contributed by atoms with Gasteiger partial charge in [-0.3, -0.25) is 9.89 Å². The Bertz CT molecular complexity index is 483. The third-order valence-electron chi connectivity index (χ3n) is 4.07. The summed E-state index contributed by atoms with van der Waals surface area (Å²) in [4.78, 5) is 6.88. The zero-order valence-electron chi connectivity index (χ0n) is 12.6. The zero-order chi connectivity index (χ0) is 13.9. The van der Waals surface area contributed by atoms with Gasteiger partial charge in [0.25, 0.3) is 0 Å². The van der Waals surface area contributed by atoms with E-state index in [1.165, 1.54) is 25.8 Å². The second-order valence-electron chi connectivity index (χ2n) is 5.64. The van der Waals surface area contributed by atoms with Crippen LogP contribution in [-0.4, -0.2) is 57.8 Å². The molecule has 1 aliphatic heterocycles. The van der Waals surface area contributed by atoms with Crippen LogP contribution in [0.2, 0.25) is 0 Å². The van der Waals surface area contributed by atoms with E-state index in [-0.39, 0.29) is 24.0 Å². The van der Waals surface area contributed by atoms with Crippen molar-refractivity contribution in [2.75, 3.05) is 20.1 Å². The van der Waals surface area contributed by atoms with E-state index >= 15 is 0 Å². The van der Waals surface area contributed by atoms with E-state index < -0.39 is 0 Å². The summed E-state index contributed by atoms with van der Waals surface area (Å²) in [5.41, 5.74) is 0. The molecule has 3 rings (SSSR count). The molecule has 1 saturated heterocycles. The largest absolute Gasteiger partial charge is 0.352 e. The summed E-state index contributed by atoms with van der Waals surface area (Å²) in [6, 6.07) is 1.36. The summed E-state index contributed by atoms with van der Waals surface area (Å²) in [5, 5.41) is 14.7. The van der Waals surface area contributed by atoms with Crippen molar-refractivity contribution in [2.24, 2.45) is 12.0 Å². The van der Waals surface area contributed by atoms with Crippen molar-refractivity contribution >= 4 is 29.9 Å². The lowest BCUT2D eigenvalue weighted by atomic mass is 10.3. The molecule has 7 nitrogen and oxygen atoms in total. The molecule has 1 saturated carbocycles. The van der Waals surface area contributed by atoms with Gasteiger partial charge >= 0.3 is 0 Å². The van der Waals surface area contributed by atoms with Crippen molar-refractivity contribution in [3.8, 4) is 0 Å². The lowest BCUT2D eigenvalue weighted by molar-refractivity contribution is 0.321. The van der Waals surface area contributed by atoms with Gasteiger partial charge in [0, 0.05) is 39.3 Å². The molecule has 0 radical (unpaired) electrons. The molecule has 21 heavy (non-hydrogen) atoms. The minimum atomic E-state index is 0. The van der Waals surface area contributed by atoms with Gasteiger partial charge in [0.15, 0.2) is 11.8 Å². The maximum Gasteiger partial charge on any atom is 0.191 e. The topological polar surface area (TPSA) is 70.4 Å². The molecule has 118 valence electrons. The normalized spacial score (nSPS) is 23.0. The maximum atomic E-state index is 4.28. The fraction of sp³-hybridized carbons (Fsp3) is 0.769. The number of guanidine groups is 1. The highest BCUT2D eigenvalue weighted by molar-refractivity contribution is 14.0. The first-order chi connectivity index (χ1) is 9.76. The number of likely N-dealkylation sites (tertiary alicyclic amines) is 1. The van der Waals surface area contributed by atoms with Gasteiger partial charge in [0.2, 0.25) is 0 Å². The first kappa shape index (κ1) is 16.5. The molecule has 2 aliphatic rings. The van der Waals surface area contributed by atoms with Crippen molar-refractivity contribution in [1.29, 1.82) is 0 Å². The van der Waals surface area contributed by atoms with Gasteiger partial charge in [-0.2, -0.15) is 0 Å². The molecule has 0 spiro atoms. The summed E-state index contributed by atoms with van der Waals surface area (Å²) < 4.78 is 1.91. The van der Waals surface area contributed by atoms with Crippen molar-refractivity contribution < 1.29 is 0 Å². The van der Waals surface area contributed by atoms with E-state index in [1.54, 1.807) is 13.4 Å². The van der Waals surface area contributed by atoms with Crippen LogP contribution in [0.4, 0.5) is 0 Å². The molecule has 2 N–H and O–H groups in total. The summed E-state index contributed by atoms with van der Waals surface area (Å²) in [7, 11) is 3.75. The Morgan fingerprint density at radius 1 is 1.43 bits per heavy atom. The van der Waals surface area contributed by atoms with Gasteiger partial charge < -0.3 is 15.2 Å². The Labute approximate surface area is 142 Å². The lowest BCUT2D eigenvalue weighted by Crippen LogP contribution is -2.44. The fourth-order valence-corrected chi connectivity index (χ4v) is 2.69. The number of nitrogens with one attached hydrogen (secondary N) is 2. The molecule has 1 unspecified atom stereocenters. The number of hydrogen-bond donors (Lipinski definition) is 2. The van der Waals surface area contributed by atoms with Crippen LogP contribution in [0.5, 0.6) is 0 Å². The van der Waals surface area contributed by atoms with Gasteiger partial charge in [0.05, 0.1) is 6.54 Å². The molecule has 2 heterocycles. The van der Waals surface area contributed by atoms with Crippen LogP contribution in [0, 0.1) is 0 Å². The molecule has 1 atom stereocenters. The Balaban J connectivity index is 0.00000161. The van der Waals surface area contributed by atoms with Gasteiger partial charge in [0.1, 0.15) is 6.33 Å². The second-order valence-corrected chi connectivity index (χ2v) is 5.64. The molecule has 8 heteroatoms. The van der Waals surface area contributed by atoms with Crippen molar-refractivity contribution in [1.82, 2.24) is 30.3 Å². The molecule has 0 bridgehead atoms. The number of aryl methyl sites for hydroxylation is 1. The Kier molecular flexibility index (Phi) is 5.80. The minimum absolute atomic E-state index is 0. The molecule has 1 aliphatic carbocycles. The smallest absolute Gasteiger partial charge is 0.191 e. The average molecular weight is 405 g/mol. The van der Waals surface area contributed by atoms with E-state index in [1.807, 2.05) is 11.6 Å². The number of hydrogen-bond acceptors (Lipinski definition) is 4. The van der Waals surface area contributed by atoms with E-state index in [9.17, 15) is 0 Å². The molecular weight excluding hydrogens is 381 g/mol. The summed E-state index contributed by atoms with van der Waals surface area (Å²) in [6.07, 6.45) is 5.66. The summed E-state index contributed by atoms with van der Waals surface area (Å²) in [6.45, 7) is 2.98. The Morgan fingerprint density at radius 2 is 2.24 bits per heavy atom. The molecule has 0 aromatic carbocycles. The first-order valence-electron chi connectivity index (χ1n) is 7.30. The number of aromatic nitrogens is 3. The SMILES string of the molecule is CN=C(NCc1nncn1C)NC1CCN(C2CC2)C1.I. The predicted molar refractivity (Wildman–Crippen MR) is 92.8 cm³/mol. The van der Waals surface area contributed by atoms with Crippen LogP contribution in [0.15, 0.2) is 11.3 Å². The van der Waals surface area contributed by atoms with Crippen LogP contribution >= 0.6 is 24.0 Å². The van der Waals surface area contributed by atoms with Crippen molar-refractivity contribution in [3.63, 3.8) is 0 Å². The van der Waals surface area contributed by atoms with Crippen LogP contribution < -0.4 is 10.6 Å². The van der Waals surface area contributed by atoms with Crippen molar-refractivity contribution in [3.05, 3.63) is 12.2 Å². The highest BCUT2D eigenvalue weighted by Gasteiger charge is 2.34. The van der Waals surface area contributed by atoms with E-state index in [4.69, 9.17) is 0 Å². The maximum absolute atomic E-state index is 4.28. The van der Waals surface area contributed by atoms with Gasteiger partial charge in [-0.1, -0.05) is 0 Å². The van der Waals surface area contributed by atoms with Crippen LogP contribution in [-0.2, 0) is 13.6 Å². The third kappa shape index (κ3) is 4.29. The van der Waals surface area contributed by atoms with Gasteiger partial charge in [-0.15, -0.1) is 34.2 Å². The fourth-order valence-electron chi connectivity index (χ4n) is 2.69. The highest BCUT2D eigenvalue weighted by Crippen LogP contribution is 2.29. The van der Waals surface area contributed by atoms with Gasteiger partial charge in [-0.25, -0.2) is 0 Å². The van der Waals surface area contributed by atoms with Gasteiger partial charge in [-0.05, 0) is 19.3 Å². The van der Waals surface area contributed by atoms with Crippen LogP contribution in [0.1, 0.15) is 25.1 Å². The Hall–Kier alpha value is -0.900. The predicted octanol–water partition coefficient (Wildman–Crippen LogP) is 0.335. The standard InChI is InChI=1S/C13H23N7.HI/c1-14-13(15-7-12-18-16-9-19(12)2)17-10-5-6-20(8-10)11-3-4-11;/h9-11H,3-8H2,1-2H3,(H2,14,15,17);1H. The van der Waals surface area contributed by atoms with E-state index in [2.05, 4.69) is 30.7 Å². The van der Waals surface area contributed by atoms with Crippen molar-refractivity contribution in [2.45, 2.75) is 37.9 Å². The van der Waals surface area contributed by atoms with E-state index in [0.29, 0.717) is 12.6 Å². The quantitative estimate of drug-likeness (QED) is 0.430. The molecular formula is C13H24IN7. The lowest BCUT2D eigenvalue weighted by Gasteiger charge is -2.18. The third-order valence-corrected chi connectivity index (χ3v) is 4.07. The van der Waals surface area contributed by atoms with E-state index in [0.717, 1.165) is 24.4 Å². The van der Waals surface area contributed by atoms with Crippen LogP contribution in [0.3, 0.4) is 0 Å². The zero-order valence-corrected chi connectivity index (χ0v) is 14.9. The van der Waals surface area contributed by atoms with Crippen LogP contribution in [0.25, 0.3) is 0 Å². The monoisotopic (exact) mass is 405 g/mol. The second kappa shape index (κ2) is 7.39. The molecule has 2 fully saturated rings. The first-order valence-corrected chi connectivity index (χ1v) is 7.30. The molecule has 1 aromatic rings. The number of nitrogens with zero attached hydrogens (tertiary/aromatic N) is 5. The number of halogens is 1. The minimum Gasteiger partial charge on any atom is -0.352 e. The summed E-state index contributed by atoms with van der Waals surface area (Å²) >= 11 is 0. The highest BCUT2D eigenvalue weighted by atomic mass is 127. The number of aliphatic imine (C=N–C) groups is 1.